The minimum atomic E-state index is -0.517. The number of nitrogens with zero attached hydrogens (tertiary/aromatic N) is 1. The lowest BCUT2D eigenvalue weighted by Gasteiger charge is -2.23. The van der Waals surface area contributed by atoms with Gasteiger partial charge in [-0.05, 0) is 5.92 Å². The van der Waals surface area contributed by atoms with Gasteiger partial charge in [-0.3, -0.25) is 4.79 Å². The number of ether oxygens (including phenoxy) is 2. The van der Waals surface area contributed by atoms with E-state index in [2.05, 4.69) is 4.74 Å². The van der Waals surface area contributed by atoms with Gasteiger partial charge in [-0.2, -0.15) is 0 Å². The molecule has 0 aliphatic heterocycles. The Morgan fingerprint density at radius 2 is 2.00 bits per heavy atom. The van der Waals surface area contributed by atoms with E-state index in [0.717, 1.165) is 0 Å². The van der Waals surface area contributed by atoms with E-state index in [0.29, 0.717) is 6.54 Å². The second-order valence-corrected chi connectivity index (χ2v) is 4.00. The number of aliphatic hydroxyl groups is 1. The fraction of sp³-hybridized carbons (Fsp3) is 0.818. The zero-order chi connectivity index (χ0) is 13.3. The van der Waals surface area contributed by atoms with Gasteiger partial charge in [-0.1, -0.05) is 13.8 Å². The fourth-order valence-electron chi connectivity index (χ4n) is 1.25. The smallest absolute Gasteiger partial charge is 0.409 e. The van der Waals surface area contributed by atoms with Crippen LogP contribution in [0.15, 0.2) is 0 Å². The summed E-state index contributed by atoms with van der Waals surface area (Å²) in [4.78, 5) is 24.0. The molecule has 1 amide bonds. The number of esters is 1. The Morgan fingerprint density at radius 3 is 2.47 bits per heavy atom. The molecule has 0 atom stereocenters. The molecule has 0 aliphatic carbocycles. The van der Waals surface area contributed by atoms with Gasteiger partial charge in [0.1, 0.15) is 6.61 Å². The third-order valence-corrected chi connectivity index (χ3v) is 1.97. The van der Waals surface area contributed by atoms with Crippen LogP contribution in [-0.2, 0) is 14.3 Å². The zero-order valence-electron chi connectivity index (χ0n) is 10.6. The summed E-state index contributed by atoms with van der Waals surface area (Å²) in [6.45, 7) is 4.44. The molecule has 0 bridgehead atoms. The Morgan fingerprint density at radius 1 is 1.35 bits per heavy atom. The zero-order valence-corrected chi connectivity index (χ0v) is 10.6. The van der Waals surface area contributed by atoms with Crippen LogP contribution in [0.25, 0.3) is 0 Å². The molecule has 0 heterocycles. The molecule has 6 heteroatoms. The number of carbonyl (C=O) groups is 2. The fourth-order valence-corrected chi connectivity index (χ4v) is 1.25. The Kier molecular flexibility index (Phi) is 8.13. The molecule has 0 aliphatic rings. The molecule has 1 N–H and O–H groups in total. The number of aliphatic hydroxyl groups excluding tert-OH is 1. The highest BCUT2D eigenvalue weighted by Gasteiger charge is 2.17. The van der Waals surface area contributed by atoms with E-state index in [9.17, 15) is 9.59 Å². The molecule has 0 saturated heterocycles. The van der Waals surface area contributed by atoms with Crippen molar-refractivity contribution in [3.63, 3.8) is 0 Å². The van der Waals surface area contributed by atoms with E-state index in [1.165, 1.54) is 12.0 Å². The van der Waals surface area contributed by atoms with Crippen molar-refractivity contribution in [3.8, 4) is 0 Å². The van der Waals surface area contributed by atoms with Crippen LogP contribution in [0.4, 0.5) is 4.79 Å². The molecule has 6 nitrogen and oxygen atoms in total. The van der Waals surface area contributed by atoms with Gasteiger partial charge in [0.25, 0.3) is 0 Å². The van der Waals surface area contributed by atoms with E-state index in [1.807, 2.05) is 13.8 Å². The largest absolute Gasteiger partial charge is 0.469 e. The first-order valence-electron chi connectivity index (χ1n) is 5.60. The summed E-state index contributed by atoms with van der Waals surface area (Å²) in [6.07, 6.45) is -0.381. The van der Waals surface area contributed by atoms with Gasteiger partial charge in [0, 0.05) is 13.1 Å². The molecular formula is C11H21NO5. The Hall–Kier alpha value is -1.30. The minimum Gasteiger partial charge on any atom is -0.469 e. The summed E-state index contributed by atoms with van der Waals surface area (Å²) in [5.74, 6) is -0.0944. The summed E-state index contributed by atoms with van der Waals surface area (Å²) in [6, 6.07) is 0. The predicted molar refractivity (Wildman–Crippen MR) is 61.5 cm³/mol. The molecular weight excluding hydrogens is 226 g/mol. The molecule has 0 unspecified atom stereocenters. The molecule has 0 spiro atoms. The van der Waals surface area contributed by atoms with Gasteiger partial charge < -0.3 is 19.5 Å². The van der Waals surface area contributed by atoms with Crippen molar-refractivity contribution >= 4 is 12.1 Å². The molecule has 0 rings (SSSR count). The molecule has 0 fully saturated rings. The normalized spacial score (nSPS) is 10.2. The van der Waals surface area contributed by atoms with Crippen LogP contribution in [0.1, 0.15) is 20.3 Å². The third-order valence-electron chi connectivity index (χ3n) is 1.97. The van der Waals surface area contributed by atoms with Crippen molar-refractivity contribution in [2.45, 2.75) is 20.3 Å². The van der Waals surface area contributed by atoms with Crippen molar-refractivity contribution in [1.82, 2.24) is 4.90 Å². The van der Waals surface area contributed by atoms with E-state index < -0.39 is 6.09 Å². The average molecular weight is 247 g/mol. The summed E-state index contributed by atoms with van der Waals surface area (Å²) in [5.41, 5.74) is 0. The maximum Gasteiger partial charge on any atom is 0.409 e. The predicted octanol–water partition coefficient (Wildman–Crippen LogP) is 0.636. The number of methoxy groups -OCH3 is 1. The van der Waals surface area contributed by atoms with Crippen LogP contribution >= 0.6 is 0 Å². The van der Waals surface area contributed by atoms with E-state index >= 15 is 0 Å². The number of rotatable bonds is 7. The second-order valence-electron chi connectivity index (χ2n) is 4.00. The number of carbonyl (C=O) groups excluding carboxylic acids is 2. The third kappa shape index (κ3) is 7.57. The van der Waals surface area contributed by atoms with E-state index in [-0.39, 0.29) is 38.1 Å². The van der Waals surface area contributed by atoms with Crippen molar-refractivity contribution in [2.24, 2.45) is 5.92 Å². The lowest BCUT2D eigenvalue weighted by atomic mass is 10.2. The second kappa shape index (κ2) is 8.81. The molecule has 100 valence electrons. The molecule has 0 saturated carbocycles. The number of hydrogen-bond acceptors (Lipinski definition) is 5. The lowest BCUT2D eigenvalue weighted by Crippen LogP contribution is -2.36. The van der Waals surface area contributed by atoms with Gasteiger partial charge in [-0.25, -0.2) is 4.79 Å². The topological polar surface area (TPSA) is 76.1 Å². The van der Waals surface area contributed by atoms with Gasteiger partial charge in [0.2, 0.25) is 0 Å². The molecule has 0 aromatic rings. The van der Waals surface area contributed by atoms with E-state index in [4.69, 9.17) is 9.84 Å². The molecule has 0 aromatic heterocycles. The average Bonchev–Trinajstić information content (AvgIpc) is 2.30. The van der Waals surface area contributed by atoms with Crippen molar-refractivity contribution in [2.75, 3.05) is 33.4 Å². The lowest BCUT2D eigenvalue weighted by molar-refractivity contribution is -0.140. The molecule has 17 heavy (non-hydrogen) atoms. The van der Waals surface area contributed by atoms with Gasteiger partial charge >= 0.3 is 12.1 Å². The highest BCUT2D eigenvalue weighted by Crippen LogP contribution is 2.03. The Labute approximate surface area is 101 Å². The number of hydrogen-bond donors (Lipinski definition) is 1. The highest BCUT2D eigenvalue weighted by atomic mass is 16.6. The monoisotopic (exact) mass is 247 g/mol. The standard InChI is InChI=1S/C11H21NO5/c1-9(2)8-12(5-4-10(14)16-3)11(15)17-7-6-13/h9,13H,4-8H2,1-3H3. The minimum absolute atomic E-state index is 0.0361. The number of amides is 1. The van der Waals surface area contributed by atoms with Crippen LogP contribution in [0, 0.1) is 5.92 Å². The summed E-state index contributed by atoms with van der Waals surface area (Å²) in [7, 11) is 1.30. The maximum absolute atomic E-state index is 11.6. The first kappa shape index (κ1) is 15.7. The molecule has 0 radical (unpaired) electrons. The summed E-state index contributed by atoms with van der Waals surface area (Å²) >= 11 is 0. The van der Waals surface area contributed by atoms with Gasteiger partial charge in [0.15, 0.2) is 0 Å². The maximum atomic E-state index is 11.6. The van der Waals surface area contributed by atoms with Gasteiger partial charge in [-0.15, -0.1) is 0 Å². The van der Waals surface area contributed by atoms with Crippen molar-refractivity contribution in [3.05, 3.63) is 0 Å². The van der Waals surface area contributed by atoms with Crippen LogP contribution in [0.2, 0.25) is 0 Å². The van der Waals surface area contributed by atoms with Crippen LogP contribution in [-0.4, -0.2) is 55.5 Å². The summed E-state index contributed by atoms with van der Waals surface area (Å²) in [5, 5.41) is 8.57. The first-order valence-corrected chi connectivity index (χ1v) is 5.60. The Balaban J connectivity index is 4.21. The van der Waals surface area contributed by atoms with Crippen LogP contribution < -0.4 is 0 Å². The SMILES string of the molecule is COC(=O)CCN(CC(C)C)C(=O)OCCO. The Bertz CT molecular complexity index is 242. The molecule has 0 aromatic carbocycles. The first-order chi connectivity index (χ1) is 8.01. The van der Waals surface area contributed by atoms with Crippen molar-refractivity contribution < 1.29 is 24.2 Å². The van der Waals surface area contributed by atoms with Gasteiger partial charge in [0.05, 0.1) is 20.1 Å². The van der Waals surface area contributed by atoms with Crippen LogP contribution in [0.5, 0.6) is 0 Å². The van der Waals surface area contributed by atoms with Crippen molar-refractivity contribution in [1.29, 1.82) is 0 Å². The van der Waals surface area contributed by atoms with Crippen LogP contribution in [0.3, 0.4) is 0 Å². The quantitative estimate of drug-likeness (QED) is 0.668. The summed E-state index contributed by atoms with van der Waals surface area (Å²) < 4.78 is 9.31. The highest BCUT2D eigenvalue weighted by molar-refractivity contribution is 5.71. The van der Waals surface area contributed by atoms with E-state index in [1.54, 1.807) is 0 Å².